The quantitative estimate of drug-likeness (QED) is 0.160. The number of rotatable bonds is 6. The summed E-state index contributed by atoms with van der Waals surface area (Å²) in [6.45, 7) is 0. The fourth-order valence-electron chi connectivity index (χ4n) is 8.82. The molecule has 262 valence electrons. The molecule has 0 aliphatic carbocycles. The molecule has 2 heteroatoms. The van der Waals surface area contributed by atoms with Gasteiger partial charge in [-0.25, -0.2) is 0 Å². The van der Waals surface area contributed by atoms with E-state index in [9.17, 15) is 0 Å². The van der Waals surface area contributed by atoms with Crippen molar-refractivity contribution in [2.75, 3.05) is 4.90 Å². The lowest BCUT2D eigenvalue weighted by molar-refractivity contribution is 0.669. The van der Waals surface area contributed by atoms with Crippen LogP contribution in [0.15, 0.2) is 217 Å². The van der Waals surface area contributed by atoms with E-state index in [4.69, 9.17) is 4.42 Å². The van der Waals surface area contributed by atoms with Crippen LogP contribution in [0.25, 0.3) is 87.6 Å². The van der Waals surface area contributed by atoms with Crippen molar-refractivity contribution < 1.29 is 4.42 Å². The lowest BCUT2D eigenvalue weighted by Crippen LogP contribution is -2.12. The van der Waals surface area contributed by atoms with Gasteiger partial charge < -0.3 is 9.32 Å². The van der Waals surface area contributed by atoms with Gasteiger partial charge in [0, 0.05) is 16.3 Å². The summed E-state index contributed by atoms with van der Waals surface area (Å²) in [7, 11) is 0. The highest BCUT2D eigenvalue weighted by molar-refractivity contribution is 6.22. The molecule has 1 heterocycles. The summed E-state index contributed by atoms with van der Waals surface area (Å²) < 4.78 is 6.48. The van der Waals surface area contributed by atoms with E-state index < -0.39 is 0 Å². The first-order chi connectivity index (χ1) is 27.8. The zero-order chi connectivity index (χ0) is 37.0. The van der Waals surface area contributed by atoms with E-state index in [0.29, 0.717) is 0 Å². The van der Waals surface area contributed by atoms with Crippen molar-refractivity contribution in [3.05, 3.63) is 212 Å². The number of hydrogen-bond donors (Lipinski definition) is 0. The Morgan fingerprint density at radius 2 is 0.839 bits per heavy atom. The third-order valence-corrected chi connectivity index (χ3v) is 11.2. The van der Waals surface area contributed by atoms with Crippen molar-refractivity contribution in [1.82, 2.24) is 0 Å². The van der Waals surface area contributed by atoms with E-state index in [2.05, 4.69) is 211 Å². The average molecular weight is 714 g/mol. The Bertz CT molecular complexity index is 3250. The minimum absolute atomic E-state index is 0.866. The van der Waals surface area contributed by atoms with Gasteiger partial charge in [-0.15, -0.1) is 0 Å². The zero-order valence-electron chi connectivity index (χ0n) is 30.6. The van der Waals surface area contributed by atoms with Crippen LogP contribution in [0.4, 0.5) is 17.1 Å². The molecule has 0 spiro atoms. The molecule has 11 aromatic rings. The Morgan fingerprint density at radius 3 is 1.64 bits per heavy atom. The van der Waals surface area contributed by atoms with Crippen molar-refractivity contribution in [3.8, 4) is 33.4 Å². The Morgan fingerprint density at radius 1 is 0.304 bits per heavy atom. The number of furan rings is 1. The second-order valence-electron chi connectivity index (χ2n) is 14.4. The van der Waals surface area contributed by atoms with Gasteiger partial charge in [0.1, 0.15) is 11.2 Å². The lowest BCUT2D eigenvalue weighted by Gasteiger charge is -2.29. The van der Waals surface area contributed by atoms with Crippen LogP contribution in [-0.2, 0) is 0 Å². The molecular formula is C54H35NO. The van der Waals surface area contributed by atoms with Crippen molar-refractivity contribution in [1.29, 1.82) is 0 Å². The van der Waals surface area contributed by atoms with E-state index in [1.807, 2.05) is 6.07 Å². The summed E-state index contributed by atoms with van der Waals surface area (Å²) in [6, 6.07) is 76.5. The van der Waals surface area contributed by atoms with Gasteiger partial charge in [-0.3, -0.25) is 0 Å². The van der Waals surface area contributed by atoms with Crippen molar-refractivity contribution in [3.63, 3.8) is 0 Å². The normalized spacial score (nSPS) is 11.6. The van der Waals surface area contributed by atoms with Crippen molar-refractivity contribution in [2.45, 2.75) is 0 Å². The zero-order valence-corrected chi connectivity index (χ0v) is 30.6. The maximum atomic E-state index is 6.48. The second kappa shape index (κ2) is 13.2. The molecule has 0 bridgehead atoms. The van der Waals surface area contributed by atoms with Crippen LogP contribution in [0.5, 0.6) is 0 Å². The molecule has 0 N–H and O–H groups in total. The summed E-state index contributed by atoms with van der Waals surface area (Å²) in [4.78, 5) is 2.44. The molecule has 56 heavy (non-hydrogen) atoms. The lowest BCUT2D eigenvalue weighted by atomic mass is 9.84. The summed E-state index contributed by atoms with van der Waals surface area (Å²) >= 11 is 0. The second-order valence-corrected chi connectivity index (χ2v) is 14.4. The molecule has 1 aromatic heterocycles. The molecule has 0 aliphatic rings. The molecule has 0 unspecified atom stereocenters. The highest BCUT2D eigenvalue weighted by Gasteiger charge is 2.24. The number of anilines is 3. The van der Waals surface area contributed by atoms with Crippen LogP contribution in [0.3, 0.4) is 0 Å². The first-order valence-corrected chi connectivity index (χ1v) is 19.2. The smallest absolute Gasteiger partial charge is 0.137 e. The summed E-state index contributed by atoms with van der Waals surface area (Å²) in [5, 5.41) is 9.52. The summed E-state index contributed by atoms with van der Waals surface area (Å²) in [5.74, 6) is 0. The summed E-state index contributed by atoms with van der Waals surface area (Å²) in [5.41, 5.74) is 12.2. The van der Waals surface area contributed by atoms with Gasteiger partial charge in [0.25, 0.3) is 0 Å². The van der Waals surface area contributed by atoms with Gasteiger partial charge in [0.2, 0.25) is 0 Å². The van der Waals surface area contributed by atoms with Crippen molar-refractivity contribution in [2.24, 2.45) is 0 Å². The molecular weight excluding hydrogens is 679 g/mol. The Kier molecular flexibility index (Phi) is 7.53. The first kappa shape index (κ1) is 32.0. The monoisotopic (exact) mass is 713 g/mol. The SMILES string of the molecule is c1ccc(-c2c(-c3ccccc3)c3cc(-c4ccccc4N(c4cccc5ccccc45)c4cccc5oc6ccccc6c45)ccc3c3ccccc23)cc1. The van der Waals surface area contributed by atoms with E-state index in [-0.39, 0.29) is 0 Å². The fourth-order valence-corrected chi connectivity index (χ4v) is 8.82. The molecule has 2 nitrogen and oxygen atoms in total. The van der Waals surface area contributed by atoms with Crippen LogP contribution < -0.4 is 4.90 Å². The predicted molar refractivity (Wildman–Crippen MR) is 237 cm³/mol. The molecule has 0 aliphatic heterocycles. The largest absolute Gasteiger partial charge is 0.456 e. The molecule has 0 saturated heterocycles. The summed E-state index contributed by atoms with van der Waals surface area (Å²) in [6.07, 6.45) is 0. The number of fused-ring (bicyclic) bond motifs is 7. The van der Waals surface area contributed by atoms with Crippen LogP contribution in [0, 0.1) is 0 Å². The van der Waals surface area contributed by atoms with Crippen LogP contribution in [-0.4, -0.2) is 0 Å². The molecule has 0 atom stereocenters. The first-order valence-electron chi connectivity index (χ1n) is 19.2. The third kappa shape index (κ3) is 5.11. The van der Waals surface area contributed by atoms with Crippen LogP contribution in [0.1, 0.15) is 0 Å². The Balaban J connectivity index is 1.23. The van der Waals surface area contributed by atoms with Gasteiger partial charge in [-0.2, -0.15) is 0 Å². The van der Waals surface area contributed by atoms with Gasteiger partial charge in [-0.05, 0) is 91.1 Å². The van der Waals surface area contributed by atoms with Crippen molar-refractivity contribution >= 4 is 71.3 Å². The van der Waals surface area contributed by atoms with Crippen LogP contribution in [0.2, 0.25) is 0 Å². The molecule has 0 fully saturated rings. The number of benzene rings is 10. The fraction of sp³-hybridized carbons (Fsp3) is 0. The Hall–Kier alpha value is -7.42. The minimum Gasteiger partial charge on any atom is -0.456 e. The topological polar surface area (TPSA) is 16.4 Å². The molecule has 11 rings (SSSR count). The number of hydrogen-bond acceptors (Lipinski definition) is 2. The standard InChI is InChI=1S/C54H35NO/c1-3-18-37(19-4-1)52-44-26-10-9-25-42(44)43-34-33-39(35-46(43)53(52)38-20-5-2-6-21-38)41-24-11-13-28-47(41)55(48-29-15-22-36-17-7-8-23-40(36)48)49-30-16-32-51-54(49)45-27-12-14-31-50(45)56-51/h1-35H. The minimum atomic E-state index is 0.866. The average Bonchev–Trinajstić information content (AvgIpc) is 3.66. The molecule has 0 amide bonds. The van der Waals surface area contributed by atoms with Gasteiger partial charge in [-0.1, -0.05) is 176 Å². The van der Waals surface area contributed by atoms with Gasteiger partial charge in [0.15, 0.2) is 0 Å². The Labute approximate surface area is 325 Å². The molecule has 0 saturated carbocycles. The highest BCUT2D eigenvalue weighted by atomic mass is 16.3. The van der Waals surface area contributed by atoms with Gasteiger partial charge >= 0.3 is 0 Å². The van der Waals surface area contributed by atoms with E-state index in [1.165, 1.54) is 54.6 Å². The maximum Gasteiger partial charge on any atom is 0.137 e. The molecule has 0 radical (unpaired) electrons. The third-order valence-electron chi connectivity index (χ3n) is 11.2. The van der Waals surface area contributed by atoms with E-state index in [1.54, 1.807) is 0 Å². The number of para-hydroxylation sites is 2. The maximum absolute atomic E-state index is 6.48. The predicted octanol–water partition coefficient (Wildman–Crippen LogP) is 15.5. The van der Waals surface area contributed by atoms with E-state index >= 15 is 0 Å². The van der Waals surface area contributed by atoms with Crippen LogP contribution >= 0.6 is 0 Å². The van der Waals surface area contributed by atoms with E-state index in [0.717, 1.165) is 50.1 Å². The molecule has 10 aromatic carbocycles. The number of nitrogens with zero attached hydrogens (tertiary/aromatic N) is 1. The highest BCUT2D eigenvalue weighted by Crippen LogP contribution is 2.49. The van der Waals surface area contributed by atoms with Gasteiger partial charge in [0.05, 0.1) is 22.4 Å².